The van der Waals surface area contributed by atoms with Crippen LogP contribution in [0.15, 0.2) is 11.1 Å². The van der Waals surface area contributed by atoms with Crippen molar-refractivity contribution in [3.63, 3.8) is 0 Å². The molecular formula is C24H31ClN4O4. The van der Waals surface area contributed by atoms with Crippen LogP contribution in [0.3, 0.4) is 0 Å². The van der Waals surface area contributed by atoms with Gasteiger partial charge in [-0.15, -0.1) is 0 Å². The Bertz CT molecular complexity index is 1100. The van der Waals surface area contributed by atoms with E-state index in [1.807, 2.05) is 12.3 Å². The lowest BCUT2D eigenvalue weighted by molar-refractivity contribution is -0.147. The highest BCUT2D eigenvalue weighted by atomic mass is 35.5. The lowest BCUT2D eigenvalue weighted by Crippen LogP contribution is -2.36. The Morgan fingerprint density at radius 1 is 1.39 bits per heavy atom. The minimum atomic E-state index is -0.885. The summed E-state index contributed by atoms with van der Waals surface area (Å²) in [5, 5.41) is 4.38. The molecule has 2 aromatic rings. The number of cyclic esters (lactones) is 1. The molecule has 0 spiro atoms. The predicted molar refractivity (Wildman–Crippen MR) is 130 cm³/mol. The van der Waals surface area contributed by atoms with E-state index in [9.17, 15) is 9.59 Å². The molecule has 9 heteroatoms. The van der Waals surface area contributed by atoms with Crippen LogP contribution in [0.2, 0.25) is 5.02 Å². The Kier molecular flexibility index (Phi) is 6.68. The SMILES string of the molecule is CCN(CC)CCOc1c(Cl)cc2c3c([nH]c2c1NC(=O)C1CC(=O)OC1(C)C)C=NCC3. The molecule has 1 saturated heterocycles. The highest BCUT2D eigenvalue weighted by Crippen LogP contribution is 2.43. The number of likely N-dealkylation sites (N-methyl/N-ethyl adjacent to an activating group) is 1. The number of aliphatic imine (C=N–C) groups is 1. The van der Waals surface area contributed by atoms with Crippen molar-refractivity contribution in [2.45, 2.75) is 46.1 Å². The molecule has 33 heavy (non-hydrogen) atoms. The van der Waals surface area contributed by atoms with Crippen molar-refractivity contribution in [3.05, 3.63) is 22.3 Å². The molecule has 0 radical (unpaired) electrons. The molecule has 1 fully saturated rings. The van der Waals surface area contributed by atoms with Crippen molar-refractivity contribution in [3.8, 4) is 5.75 Å². The van der Waals surface area contributed by atoms with Gasteiger partial charge in [-0.1, -0.05) is 25.4 Å². The van der Waals surface area contributed by atoms with Crippen molar-refractivity contribution in [2.75, 3.05) is 38.1 Å². The van der Waals surface area contributed by atoms with E-state index in [0.717, 1.165) is 48.2 Å². The highest BCUT2D eigenvalue weighted by Gasteiger charge is 2.46. The fraction of sp³-hybridized carbons (Fsp3) is 0.542. The second kappa shape index (κ2) is 9.35. The van der Waals surface area contributed by atoms with E-state index < -0.39 is 11.5 Å². The Morgan fingerprint density at radius 3 is 2.82 bits per heavy atom. The first-order valence-corrected chi connectivity index (χ1v) is 11.9. The van der Waals surface area contributed by atoms with Crippen LogP contribution < -0.4 is 10.1 Å². The summed E-state index contributed by atoms with van der Waals surface area (Å²) in [5.41, 5.74) is 2.37. The van der Waals surface area contributed by atoms with Gasteiger partial charge in [-0.05, 0) is 45.0 Å². The molecule has 2 aliphatic rings. The normalized spacial score (nSPS) is 19.1. The van der Waals surface area contributed by atoms with Gasteiger partial charge in [0.15, 0.2) is 5.75 Å². The minimum absolute atomic E-state index is 0.0363. The summed E-state index contributed by atoms with van der Waals surface area (Å²) in [7, 11) is 0. The van der Waals surface area contributed by atoms with E-state index in [1.165, 1.54) is 0 Å². The van der Waals surface area contributed by atoms with Gasteiger partial charge in [-0.2, -0.15) is 0 Å². The summed E-state index contributed by atoms with van der Waals surface area (Å²) in [4.78, 5) is 35.2. The van der Waals surface area contributed by atoms with E-state index in [1.54, 1.807) is 13.8 Å². The third-order valence-electron chi connectivity index (χ3n) is 6.56. The lowest BCUT2D eigenvalue weighted by Gasteiger charge is -2.25. The molecule has 0 bridgehead atoms. The molecule has 2 aliphatic heterocycles. The zero-order valence-corrected chi connectivity index (χ0v) is 20.3. The second-order valence-electron chi connectivity index (χ2n) is 8.99. The van der Waals surface area contributed by atoms with Crippen molar-refractivity contribution in [1.29, 1.82) is 0 Å². The molecule has 0 saturated carbocycles. The van der Waals surface area contributed by atoms with E-state index >= 15 is 0 Å². The number of carbonyl (C=O) groups is 2. The zero-order chi connectivity index (χ0) is 23.8. The number of aromatic amines is 1. The topological polar surface area (TPSA) is 96.0 Å². The predicted octanol–water partition coefficient (Wildman–Crippen LogP) is 3.80. The van der Waals surface area contributed by atoms with Crippen LogP contribution in [-0.4, -0.2) is 66.4 Å². The monoisotopic (exact) mass is 474 g/mol. The number of fused-ring (bicyclic) bond motifs is 3. The summed E-state index contributed by atoms with van der Waals surface area (Å²) >= 11 is 6.70. The number of rotatable bonds is 8. The van der Waals surface area contributed by atoms with Gasteiger partial charge in [-0.25, -0.2) is 0 Å². The van der Waals surface area contributed by atoms with Gasteiger partial charge >= 0.3 is 5.97 Å². The van der Waals surface area contributed by atoms with Crippen molar-refractivity contribution in [1.82, 2.24) is 9.88 Å². The molecule has 1 aromatic heterocycles. The number of ether oxygens (including phenoxy) is 2. The number of aromatic nitrogens is 1. The molecule has 4 rings (SSSR count). The number of hydrogen-bond donors (Lipinski definition) is 2. The standard InChI is InChI=1S/C24H31ClN4O4/c1-5-29(6-2)9-10-32-22-17(25)11-15-14-7-8-26-13-18(14)27-20(15)21(22)28-23(31)16-12-19(30)33-24(16,3)4/h11,13,16,27H,5-10,12H2,1-4H3,(H,28,31). The van der Waals surface area contributed by atoms with Gasteiger partial charge in [0.05, 0.1) is 28.6 Å². The lowest BCUT2D eigenvalue weighted by atomic mass is 9.90. The number of amides is 1. The summed E-state index contributed by atoms with van der Waals surface area (Å²) in [5.74, 6) is -0.875. The number of nitrogens with zero attached hydrogens (tertiary/aromatic N) is 2. The quantitative estimate of drug-likeness (QED) is 0.567. The van der Waals surface area contributed by atoms with Crippen molar-refractivity contribution >= 4 is 46.3 Å². The molecule has 1 atom stereocenters. The van der Waals surface area contributed by atoms with E-state index in [0.29, 0.717) is 29.6 Å². The maximum atomic E-state index is 13.3. The van der Waals surface area contributed by atoms with E-state index in [4.69, 9.17) is 21.1 Å². The molecule has 8 nitrogen and oxygen atoms in total. The minimum Gasteiger partial charge on any atom is -0.488 e. The summed E-state index contributed by atoms with van der Waals surface area (Å²) in [6.07, 6.45) is 2.64. The Morgan fingerprint density at radius 2 is 2.15 bits per heavy atom. The zero-order valence-electron chi connectivity index (χ0n) is 19.6. The van der Waals surface area contributed by atoms with Crippen LogP contribution in [-0.2, 0) is 20.7 Å². The molecule has 3 heterocycles. The number of H-pyrrole nitrogens is 1. The van der Waals surface area contributed by atoms with Crippen molar-refractivity contribution < 1.29 is 19.1 Å². The van der Waals surface area contributed by atoms with Gasteiger partial charge in [-0.3, -0.25) is 14.6 Å². The second-order valence-corrected chi connectivity index (χ2v) is 9.39. The van der Waals surface area contributed by atoms with Crippen LogP contribution in [0.1, 0.15) is 45.4 Å². The molecule has 1 amide bonds. The Balaban J connectivity index is 1.72. The largest absolute Gasteiger partial charge is 0.488 e. The van der Waals surface area contributed by atoms with E-state index in [-0.39, 0.29) is 18.3 Å². The fourth-order valence-electron chi connectivity index (χ4n) is 4.58. The van der Waals surface area contributed by atoms with E-state index in [2.05, 4.69) is 34.0 Å². The maximum absolute atomic E-state index is 13.3. The molecule has 178 valence electrons. The van der Waals surface area contributed by atoms with Crippen LogP contribution in [0.4, 0.5) is 5.69 Å². The van der Waals surface area contributed by atoms with Crippen LogP contribution in [0, 0.1) is 5.92 Å². The van der Waals surface area contributed by atoms with Crippen LogP contribution >= 0.6 is 11.6 Å². The molecule has 0 aliphatic carbocycles. The third kappa shape index (κ3) is 4.59. The summed E-state index contributed by atoms with van der Waals surface area (Å²) in [6, 6.07) is 1.89. The Labute approximate surface area is 198 Å². The maximum Gasteiger partial charge on any atom is 0.307 e. The number of anilines is 1. The van der Waals surface area contributed by atoms with Crippen LogP contribution in [0.5, 0.6) is 5.75 Å². The van der Waals surface area contributed by atoms with Crippen molar-refractivity contribution in [2.24, 2.45) is 10.9 Å². The first-order chi connectivity index (χ1) is 15.7. The molecule has 1 unspecified atom stereocenters. The third-order valence-corrected chi connectivity index (χ3v) is 6.84. The number of carbonyl (C=O) groups excluding carboxylic acids is 2. The Hall–Kier alpha value is -2.58. The number of hydrogen-bond acceptors (Lipinski definition) is 6. The number of halogens is 1. The average Bonchev–Trinajstić information content (AvgIpc) is 3.28. The highest BCUT2D eigenvalue weighted by molar-refractivity contribution is 6.34. The number of esters is 1. The number of benzene rings is 1. The van der Waals surface area contributed by atoms with Gasteiger partial charge < -0.3 is 24.7 Å². The number of nitrogens with one attached hydrogen (secondary N) is 2. The molecule has 2 N–H and O–H groups in total. The first-order valence-electron chi connectivity index (χ1n) is 11.5. The van der Waals surface area contributed by atoms with Gasteiger partial charge in [0, 0.05) is 24.7 Å². The fourth-order valence-corrected chi connectivity index (χ4v) is 4.84. The summed E-state index contributed by atoms with van der Waals surface area (Å²) < 4.78 is 11.5. The molecule has 1 aromatic carbocycles. The first kappa shape index (κ1) is 23.6. The molecular weight excluding hydrogens is 444 g/mol. The smallest absolute Gasteiger partial charge is 0.307 e. The van der Waals surface area contributed by atoms with Gasteiger partial charge in [0.25, 0.3) is 0 Å². The summed E-state index contributed by atoms with van der Waals surface area (Å²) in [6.45, 7) is 11.4. The van der Waals surface area contributed by atoms with Crippen LogP contribution in [0.25, 0.3) is 10.9 Å². The van der Waals surface area contributed by atoms with Gasteiger partial charge in [0.2, 0.25) is 5.91 Å². The van der Waals surface area contributed by atoms with Gasteiger partial charge in [0.1, 0.15) is 17.9 Å². The average molecular weight is 475 g/mol.